The molecule has 4 N–H and O–H groups in total. The largest absolute Gasteiger partial charge is 0.386 e. The summed E-state index contributed by atoms with van der Waals surface area (Å²) in [5.41, 5.74) is 0.737. The minimum atomic E-state index is -0.760. The number of aliphatic hydroxyl groups is 1. The van der Waals surface area contributed by atoms with Gasteiger partial charge in [0.2, 0.25) is 0 Å². The van der Waals surface area contributed by atoms with Crippen LogP contribution in [0.5, 0.6) is 0 Å². The summed E-state index contributed by atoms with van der Waals surface area (Å²) in [5, 5.41) is 21.1. The van der Waals surface area contributed by atoms with Crippen LogP contribution in [-0.2, 0) is 0 Å². The van der Waals surface area contributed by atoms with Gasteiger partial charge in [-0.05, 0) is 51.5 Å². The monoisotopic (exact) mass is 502 g/mol. The van der Waals surface area contributed by atoms with Gasteiger partial charge in [-0.3, -0.25) is 4.99 Å². The molecular formula is C17H29Cl2IN4O. The molecule has 0 bridgehead atoms. The summed E-state index contributed by atoms with van der Waals surface area (Å²) in [6, 6.07) is 5.03. The first kappa shape index (κ1) is 24.7. The molecule has 1 atom stereocenters. The third-order valence-corrected chi connectivity index (χ3v) is 3.55. The minimum absolute atomic E-state index is 0. The molecule has 8 heteroatoms. The second-order valence-corrected chi connectivity index (χ2v) is 7.41. The maximum Gasteiger partial charge on any atom is 0.191 e. The molecule has 0 aliphatic heterocycles. The van der Waals surface area contributed by atoms with Gasteiger partial charge in [0, 0.05) is 35.2 Å². The van der Waals surface area contributed by atoms with Gasteiger partial charge in [-0.2, -0.15) is 0 Å². The summed E-state index contributed by atoms with van der Waals surface area (Å²) in [6.45, 7) is 10.9. The lowest BCUT2D eigenvalue weighted by molar-refractivity contribution is 0.187. The number of aliphatic hydroxyl groups excluding tert-OH is 1. The number of hydrogen-bond donors (Lipinski definition) is 4. The van der Waals surface area contributed by atoms with Gasteiger partial charge < -0.3 is 21.1 Å². The third kappa shape index (κ3) is 11.1. The fourth-order valence-electron chi connectivity index (χ4n) is 2.01. The Bertz CT molecular complexity index is 530. The predicted octanol–water partition coefficient (Wildman–Crippen LogP) is 3.59. The van der Waals surface area contributed by atoms with Gasteiger partial charge >= 0.3 is 0 Å². The minimum Gasteiger partial charge on any atom is -0.386 e. The number of halogens is 3. The lowest BCUT2D eigenvalue weighted by atomic mass is 10.1. The van der Waals surface area contributed by atoms with Crippen LogP contribution in [0.25, 0.3) is 0 Å². The average Bonchev–Trinajstić information content (AvgIpc) is 2.46. The molecule has 0 saturated carbocycles. The Hall–Kier alpha value is -0.280. The van der Waals surface area contributed by atoms with E-state index in [1.54, 1.807) is 18.2 Å². The fraction of sp³-hybridized carbons (Fsp3) is 0.588. The van der Waals surface area contributed by atoms with E-state index in [-0.39, 0.29) is 36.1 Å². The molecule has 0 heterocycles. The van der Waals surface area contributed by atoms with Crippen molar-refractivity contribution in [3.05, 3.63) is 33.8 Å². The molecule has 0 saturated heterocycles. The smallest absolute Gasteiger partial charge is 0.191 e. The molecule has 1 aromatic rings. The zero-order valence-corrected chi connectivity index (χ0v) is 19.0. The Labute approximate surface area is 178 Å². The van der Waals surface area contributed by atoms with E-state index in [9.17, 15) is 5.11 Å². The first-order chi connectivity index (χ1) is 11.2. The van der Waals surface area contributed by atoms with Crippen molar-refractivity contribution >= 4 is 53.1 Å². The summed E-state index contributed by atoms with van der Waals surface area (Å²) in [4.78, 5) is 4.41. The van der Waals surface area contributed by atoms with E-state index in [1.165, 1.54) is 0 Å². The van der Waals surface area contributed by atoms with Crippen molar-refractivity contribution in [2.75, 3.05) is 26.2 Å². The number of guanidine groups is 1. The second-order valence-electron chi connectivity index (χ2n) is 6.54. The first-order valence-electron chi connectivity index (χ1n) is 8.12. The molecule has 0 amide bonds. The number of aliphatic imine (C=N–C) groups is 1. The van der Waals surface area contributed by atoms with Crippen LogP contribution in [0.3, 0.4) is 0 Å². The molecule has 1 aromatic carbocycles. The summed E-state index contributed by atoms with van der Waals surface area (Å²) >= 11 is 11.9. The van der Waals surface area contributed by atoms with Crippen molar-refractivity contribution in [3.8, 4) is 0 Å². The van der Waals surface area contributed by atoms with E-state index < -0.39 is 6.10 Å². The summed E-state index contributed by atoms with van der Waals surface area (Å²) in [6.07, 6.45) is -0.760. The number of benzene rings is 1. The van der Waals surface area contributed by atoms with Gasteiger partial charge in [0.1, 0.15) is 0 Å². The highest BCUT2D eigenvalue weighted by Gasteiger charge is 2.10. The first-order valence-corrected chi connectivity index (χ1v) is 8.88. The van der Waals surface area contributed by atoms with Crippen LogP contribution in [0.1, 0.15) is 39.4 Å². The van der Waals surface area contributed by atoms with Crippen molar-refractivity contribution in [1.29, 1.82) is 0 Å². The maximum absolute atomic E-state index is 10.3. The molecule has 25 heavy (non-hydrogen) atoms. The van der Waals surface area contributed by atoms with Gasteiger partial charge in [0.15, 0.2) is 5.96 Å². The van der Waals surface area contributed by atoms with Crippen LogP contribution in [0.2, 0.25) is 10.0 Å². The molecule has 1 unspecified atom stereocenters. The van der Waals surface area contributed by atoms with Crippen molar-refractivity contribution in [2.24, 2.45) is 4.99 Å². The number of hydrogen-bond acceptors (Lipinski definition) is 3. The molecule has 5 nitrogen and oxygen atoms in total. The molecule has 0 spiro atoms. The second kappa shape index (κ2) is 12.2. The molecule has 0 fully saturated rings. The molecule has 144 valence electrons. The highest BCUT2D eigenvalue weighted by molar-refractivity contribution is 14.0. The Morgan fingerprint density at radius 3 is 2.24 bits per heavy atom. The van der Waals surface area contributed by atoms with E-state index in [2.05, 4.69) is 41.7 Å². The summed E-state index contributed by atoms with van der Waals surface area (Å²) in [7, 11) is 0. The van der Waals surface area contributed by atoms with E-state index in [0.29, 0.717) is 21.6 Å². The van der Waals surface area contributed by atoms with Crippen molar-refractivity contribution < 1.29 is 5.11 Å². The number of nitrogens with zero attached hydrogens (tertiary/aromatic N) is 1. The van der Waals surface area contributed by atoms with Crippen LogP contribution in [-0.4, -0.2) is 42.8 Å². The average molecular weight is 503 g/mol. The predicted molar refractivity (Wildman–Crippen MR) is 119 cm³/mol. The van der Waals surface area contributed by atoms with Crippen molar-refractivity contribution in [3.63, 3.8) is 0 Å². The third-order valence-electron chi connectivity index (χ3n) is 3.11. The number of nitrogens with one attached hydrogen (secondary N) is 3. The molecule has 0 aromatic heterocycles. The van der Waals surface area contributed by atoms with Crippen LogP contribution in [0.4, 0.5) is 0 Å². The van der Waals surface area contributed by atoms with Crippen LogP contribution < -0.4 is 16.0 Å². The highest BCUT2D eigenvalue weighted by Crippen LogP contribution is 2.23. The Balaban J connectivity index is 0.00000576. The van der Waals surface area contributed by atoms with Gasteiger partial charge in [0.25, 0.3) is 0 Å². The zero-order valence-electron chi connectivity index (χ0n) is 15.2. The standard InChI is InChI=1S/C17H28Cl2N4O.HI/c1-5-20-16(21-6-7-23-17(2,3)4)22-11-15(24)12-8-13(18)10-14(19)9-12;/h8-10,15,23-24H,5-7,11H2,1-4H3,(H2,20,21,22);1H. The topological polar surface area (TPSA) is 68.7 Å². The summed E-state index contributed by atoms with van der Waals surface area (Å²) in [5.74, 6) is 0.667. The van der Waals surface area contributed by atoms with E-state index in [0.717, 1.165) is 19.6 Å². The van der Waals surface area contributed by atoms with E-state index in [4.69, 9.17) is 23.2 Å². The van der Waals surface area contributed by atoms with Crippen molar-refractivity contribution in [1.82, 2.24) is 16.0 Å². The Kier molecular flexibility index (Phi) is 12.0. The Morgan fingerprint density at radius 2 is 1.72 bits per heavy atom. The quantitative estimate of drug-likeness (QED) is 0.199. The SMILES string of the molecule is CCNC(=NCC(O)c1cc(Cl)cc(Cl)c1)NCCNC(C)(C)C.I. The van der Waals surface area contributed by atoms with Gasteiger partial charge in [-0.15, -0.1) is 24.0 Å². The van der Waals surface area contributed by atoms with Crippen LogP contribution >= 0.6 is 47.2 Å². The van der Waals surface area contributed by atoms with Crippen LogP contribution in [0.15, 0.2) is 23.2 Å². The maximum atomic E-state index is 10.3. The Morgan fingerprint density at radius 1 is 1.12 bits per heavy atom. The molecule has 0 aliphatic rings. The lowest BCUT2D eigenvalue weighted by Crippen LogP contribution is -2.44. The molecule has 0 aliphatic carbocycles. The highest BCUT2D eigenvalue weighted by atomic mass is 127. The van der Waals surface area contributed by atoms with Gasteiger partial charge in [-0.1, -0.05) is 23.2 Å². The van der Waals surface area contributed by atoms with Crippen LogP contribution in [0, 0.1) is 0 Å². The summed E-state index contributed by atoms with van der Waals surface area (Å²) < 4.78 is 0. The lowest BCUT2D eigenvalue weighted by Gasteiger charge is -2.21. The zero-order chi connectivity index (χ0) is 18.2. The van der Waals surface area contributed by atoms with Gasteiger partial charge in [0.05, 0.1) is 12.6 Å². The van der Waals surface area contributed by atoms with E-state index in [1.807, 2.05) is 6.92 Å². The molecular weight excluding hydrogens is 474 g/mol. The fourth-order valence-corrected chi connectivity index (χ4v) is 2.55. The van der Waals surface area contributed by atoms with Gasteiger partial charge in [-0.25, -0.2) is 0 Å². The van der Waals surface area contributed by atoms with E-state index >= 15 is 0 Å². The van der Waals surface area contributed by atoms with Crippen molar-refractivity contribution in [2.45, 2.75) is 39.3 Å². The molecule has 0 radical (unpaired) electrons. The number of rotatable bonds is 7. The molecule has 1 rings (SSSR count). The normalized spacial score (nSPS) is 13.2.